The number of thiophene rings is 1. The average Bonchev–Trinajstić information content (AvgIpc) is 2.88. The van der Waals surface area contributed by atoms with E-state index < -0.39 is 0 Å². The first-order valence-corrected chi connectivity index (χ1v) is 6.66. The molecule has 1 saturated carbocycles. The molecule has 1 N–H and O–H groups in total. The summed E-state index contributed by atoms with van der Waals surface area (Å²) in [4.78, 5) is 8.42. The van der Waals surface area contributed by atoms with Crippen molar-refractivity contribution in [2.24, 2.45) is 0 Å². The Bertz CT molecular complexity index is 292. The summed E-state index contributed by atoms with van der Waals surface area (Å²) in [5.74, 6) is 0. The van der Waals surface area contributed by atoms with Crippen molar-refractivity contribution in [2.45, 2.75) is 51.7 Å². The number of hydroxylamine groups is 1. The van der Waals surface area contributed by atoms with Crippen LogP contribution in [-0.2, 0) is 17.8 Å². The first-order valence-electron chi connectivity index (χ1n) is 5.84. The topological polar surface area (TPSA) is 21.3 Å². The molecule has 0 aromatic carbocycles. The lowest BCUT2D eigenvalue weighted by atomic mass is 10.3. The zero-order valence-corrected chi connectivity index (χ0v) is 10.1. The Morgan fingerprint density at radius 2 is 2.07 bits per heavy atom. The SMILES string of the molecule is CCc1ccc(CNOC2CCCC2)s1. The second-order valence-electron chi connectivity index (χ2n) is 4.07. The predicted octanol–water partition coefficient (Wildman–Crippen LogP) is 3.27. The largest absolute Gasteiger partial charge is 0.298 e. The van der Waals surface area contributed by atoms with Gasteiger partial charge in [0, 0.05) is 9.75 Å². The standard InChI is InChI=1S/C12H19NOS/c1-2-11-7-8-12(15-11)9-13-14-10-5-3-4-6-10/h7-8,10,13H,2-6,9H2,1H3. The molecule has 1 aliphatic rings. The van der Waals surface area contributed by atoms with Crippen LogP contribution in [0, 0.1) is 0 Å². The second-order valence-corrected chi connectivity index (χ2v) is 5.32. The van der Waals surface area contributed by atoms with E-state index in [4.69, 9.17) is 4.84 Å². The maximum absolute atomic E-state index is 5.61. The molecule has 0 radical (unpaired) electrons. The van der Waals surface area contributed by atoms with Crippen LogP contribution in [0.2, 0.25) is 0 Å². The Kier molecular flexibility index (Phi) is 4.18. The zero-order valence-electron chi connectivity index (χ0n) is 9.29. The van der Waals surface area contributed by atoms with Gasteiger partial charge < -0.3 is 0 Å². The van der Waals surface area contributed by atoms with E-state index in [9.17, 15) is 0 Å². The van der Waals surface area contributed by atoms with Gasteiger partial charge in [0.2, 0.25) is 0 Å². The maximum atomic E-state index is 5.61. The van der Waals surface area contributed by atoms with Gasteiger partial charge >= 0.3 is 0 Å². The smallest absolute Gasteiger partial charge is 0.0790 e. The molecule has 1 aliphatic carbocycles. The Hall–Kier alpha value is -0.380. The molecule has 1 aromatic heterocycles. The maximum Gasteiger partial charge on any atom is 0.0790 e. The molecule has 2 rings (SSSR count). The molecule has 1 fully saturated rings. The van der Waals surface area contributed by atoms with Crippen molar-refractivity contribution >= 4 is 11.3 Å². The van der Waals surface area contributed by atoms with Crippen LogP contribution in [-0.4, -0.2) is 6.10 Å². The molecule has 1 heterocycles. The molecule has 84 valence electrons. The van der Waals surface area contributed by atoms with Crippen LogP contribution >= 0.6 is 11.3 Å². The summed E-state index contributed by atoms with van der Waals surface area (Å²) < 4.78 is 0. The van der Waals surface area contributed by atoms with Crippen molar-refractivity contribution in [3.8, 4) is 0 Å². The highest BCUT2D eigenvalue weighted by molar-refractivity contribution is 7.11. The van der Waals surface area contributed by atoms with Crippen LogP contribution in [0.15, 0.2) is 12.1 Å². The molecule has 0 aliphatic heterocycles. The van der Waals surface area contributed by atoms with Gasteiger partial charge in [0.1, 0.15) is 0 Å². The Morgan fingerprint density at radius 3 is 2.73 bits per heavy atom. The van der Waals surface area contributed by atoms with Crippen molar-refractivity contribution < 1.29 is 4.84 Å². The van der Waals surface area contributed by atoms with Crippen LogP contribution in [0.4, 0.5) is 0 Å². The van der Waals surface area contributed by atoms with Crippen molar-refractivity contribution in [2.75, 3.05) is 0 Å². The minimum Gasteiger partial charge on any atom is -0.298 e. The van der Waals surface area contributed by atoms with E-state index in [-0.39, 0.29) is 0 Å². The summed E-state index contributed by atoms with van der Waals surface area (Å²) in [6.07, 6.45) is 6.68. The van der Waals surface area contributed by atoms with Crippen LogP contribution in [0.3, 0.4) is 0 Å². The predicted molar refractivity (Wildman–Crippen MR) is 63.9 cm³/mol. The Balaban J connectivity index is 1.68. The lowest BCUT2D eigenvalue weighted by Gasteiger charge is -2.10. The number of nitrogens with one attached hydrogen (secondary N) is 1. The van der Waals surface area contributed by atoms with Crippen molar-refractivity contribution in [3.63, 3.8) is 0 Å². The Labute approximate surface area is 95.6 Å². The number of aryl methyl sites for hydroxylation is 1. The molecule has 0 bridgehead atoms. The van der Waals surface area contributed by atoms with Gasteiger partial charge in [0.15, 0.2) is 0 Å². The van der Waals surface area contributed by atoms with Crippen molar-refractivity contribution in [1.29, 1.82) is 0 Å². The van der Waals surface area contributed by atoms with Crippen molar-refractivity contribution in [3.05, 3.63) is 21.9 Å². The number of hydrogen-bond acceptors (Lipinski definition) is 3. The molecule has 3 heteroatoms. The van der Waals surface area contributed by atoms with Crippen molar-refractivity contribution in [1.82, 2.24) is 5.48 Å². The normalized spacial score (nSPS) is 17.4. The lowest BCUT2D eigenvalue weighted by molar-refractivity contribution is -0.0239. The molecular formula is C12H19NOS. The van der Waals surface area contributed by atoms with E-state index in [1.807, 2.05) is 11.3 Å². The van der Waals surface area contributed by atoms with E-state index in [2.05, 4.69) is 24.5 Å². The van der Waals surface area contributed by atoms with E-state index in [0.29, 0.717) is 6.10 Å². The van der Waals surface area contributed by atoms with E-state index in [0.717, 1.165) is 13.0 Å². The van der Waals surface area contributed by atoms with Gasteiger partial charge in [0.25, 0.3) is 0 Å². The van der Waals surface area contributed by atoms with Gasteiger partial charge in [-0.05, 0) is 31.4 Å². The molecule has 0 atom stereocenters. The first kappa shape index (κ1) is 11.1. The second kappa shape index (κ2) is 5.64. The highest BCUT2D eigenvalue weighted by Gasteiger charge is 2.15. The van der Waals surface area contributed by atoms with Crippen LogP contribution in [0.5, 0.6) is 0 Å². The molecule has 2 nitrogen and oxygen atoms in total. The molecule has 0 unspecified atom stereocenters. The van der Waals surface area contributed by atoms with E-state index in [1.54, 1.807) is 0 Å². The number of hydrogen-bond donors (Lipinski definition) is 1. The van der Waals surface area contributed by atoms with Gasteiger partial charge in [-0.3, -0.25) is 4.84 Å². The number of rotatable bonds is 5. The molecule has 0 saturated heterocycles. The molecule has 0 spiro atoms. The third-order valence-electron chi connectivity index (χ3n) is 2.86. The fourth-order valence-corrected chi connectivity index (χ4v) is 2.83. The van der Waals surface area contributed by atoms with Gasteiger partial charge in [-0.15, -0.1) is 11.3 Å². The quantitative estimate of drug-likeness (QED) is 0.777. The van der Waals surface area contributed by atoms with E-state index >= 15 is 0 Å². The molecule has 0 amide bonds. The third kappa shape index (κ3) is 3.30. The molecule has 15 heavy (non-hydrogen) atoms. The fraction of sp³-hybridized carbons (Fsp3) is 0.667. The van der Waals surface area contributed by atoms with Gasteiger partial charge in [-0.25, -0.2) is 0 Å². The Morgan fingerprint density at radius 1 is 1.33 bits per heavy atom. The monoisotopic (exact) mass is 225 g/mol. The molecule has 1 aromatic rings. The minimum atomic E-state index is 0.454. The summed E-state index contributed by atoms with van der Waals surface area (Å²) in [7, 11) is 0. The first-order chi connectivity index (χ1) is 7.38. The molecular weight excluding hydrogens is 206 g/mol. The fourth-order valence-electron chi connectivity index (χ4n) is 1.94. The van der Waals surface area contributed by atoms with Crippen LogP contribution < -0.4 is 5.48 Å². The van der Waals surface area contributed by atoms with Gasteiger partial charge in [-0.2, -0.15) is 5.48 Å². The summed E-state index contributed by atoms with van der Waals surface area (Å²) in [6, 6.07) is 4.39. The average molecular weight is 225 g/mol. The summed E-state index contributed by atoms with van der Waals surface area (Å²) in [5, 5.41) is 0. The summed E-state index contributed by atoms with van der Waals surface area (Å²) in [6.45, 7) is 3.04. The minimum absolute atomic E-state index is 0.454. The zero-order chi connectivity index (χ0) is 10.5. The summed E-state index contributed by atoms with van der Waals surface area (Å²) >= 11 is 1.87. The highest BCUT2D eigenvalue weighted by Crippen LogP contribution is 2.20. The summed E-state index contributed by atoms with van der Waals surface area (Å²) in [5.41, 5.74) is 3.09. The van der Waals surface area contributed by atoms with E-state index in [1.165, 1.54) is 35.4 Å². The highest BCUT2D eigenvalue weighted by atomic mass is 32.1. The van der Waals surface area contributed by atoms with Gasteiger partial charge in [-0.1, -0.05) is 19.8 Å². The van der Waals surface area contributed by atoms with Gasteiger partial charge in [0.05, 0.1) is 12.6 Å². The van der Waals surface area contributed by atoms with Crippen LogP contribution in [0.1, 0.15) is 42.4 Å². The van der Waals surface area contributed by atoms with Crippen LogP contribution in [0.25, 0.3) is 0 Å². The third-order valence-corrected chi connectivity index (χ3v) is 4.09. The lowest BCUT2D eigenvalue weighted by Crippen LogP contribution is -2.20.